The van der Waals surface area contributed by atoms with Crippen LogP contribution in [0.3, 0.4) is 0 Å². The van der Waals surface area contributed by atoms with E-state index in [0.29, 0.717) is 12.8 Å². The number of aryl methyl sites for hydroxylation is 2. The summed E-state index contributed by atoms with van der Waals surface area (Å²) in [6, 6.07) is 12.1. The van der Waals surface area contributed by atoms with Gasteiger partial charge in [-0.15, -0.1) is 0 Å². The molecule has 6 N–H and O–H groups in total. The summed E-state index contributed by atoms with van der Waals surface area (Å²) in [6.07, 6.45) is 14.7. The smallest absolute Gasteiger partial charge is 0.246 e. The van der Waals surface area contributed by atoms with Crippen LogP contribution in [0.2, 0.25) is 0 Å². The van der Waals surface area contributed by atoms with Gasteiger partial charge in [0.1, 0.15) is 24.2 Å². The Morgan fingerprint density at radius 3 is 1.33 bits per heavy atom. The summed E-state index contributed by atoms with van der Waals surface area (Å²) in [7, 11) is 3.44. The number of rotatable bonds is 22. The van der Waals surface area contributed by atoms with E-state index in [2.05, 4.69) is 56.2 Å². The third-order valence-corrected chi connectivity index (χ3v) is 17.3. The van der Waals surface area contributed by atoms with E-state index >= 15 is 0 Å². The molecule has 2 aliphatic heterocycles. The lowest BCUT2D eigenvalue weighted by molar-refractivity contribution is -0.143. The largest absolute Gasteiger partial charge is 0.377 e. The molecule has 4 fully saturated rings. The van der Waals surface area contributed by atoms with Crippen molar-refractivity contribution in [2.45, 2.75) is 190 Å². The molecule has 0 bridgehead atoms. The number of benzene rings is 2. The van der Waals surface area contributed by atoms with Gasteiger partial charge in [0.15, 0.2) is 0 Å². The van der Waals surface area contributed by atoms with Gasteiger partial charge in [0.2, 0.25) is 35.4 Å². The van der Waals surface area contributed by atoms with Crippen LogP contribution in [-0.2, 0) is 55.8 Å². The Bertz CT molecular complexity index is 2100. The minimum atomic E-state index is -0.774. The average molecular weight is 1040 g/mol. The zero-order valence-corrected chi connectivity index (χ0v) is 45.1. The number of fused-ring (bicyclic) bond motifs is 2. The Morgan fingerprint density at radius 1 is 0.533 bits per heavy atom. The number of ether oxygens (including phenoxy) is 3. The van der Waals surface area contributed by atoms with Crippen molar-refractivity contribution in [3.05, 3.63) is 70.8 Å². The normalized spacial score (nSPS) is 25.8. The minimum Gasteiger partial charge on any atom is -0.377 e. The van der Waals surface area contributed by atoms with E-state index in [0.717, 1.165) is 114 Å². The van der Waals surface area contributed by atoms with Crippen molar-refractivity contribution in [2.75, 3.05) is 53.6 Å². The van der Waals surface area contributed by atoms with Gasteiger partial charge in [-0.05, 0) is 126 Å². The molecule has 0 spiro atoms. The van der Waals surface area contributed by atoms with Crippen LogP contribution in [0.5, 0.6) is 0 Å². The second kappa shape index (κ2) is 27.4. The van der Waals surface area contributed by atoms with E-state index in [4.69, 9.17) is 14.2 Å². The van der Waals surface area contributed by atoms with Crippen LogP contribution in [0.15, 0.2) is 48.5 Å². The molecule has 2 aromatic carbocycles. The summed E-state index contributed by atoms with van der Waals surface area (Å²) in [6.45, 7) is 4.88. The van der Waals surface area contributed by atoms with E-state index in [1.54, 1.807) is 37.7 Å². The van der Waals surface area contributed by atoms with Crippen molar-refractivity contribution in [2.24, 2.45) is 11.8 Å². The quantitative estimate of drug-likeness (QED) is 0.0891. The summed E-state index contributed by atoms with van der Waals surface area (Å²) in [4.78, 5) is 88.3. The van der Waals surface area contributed by atoms with Crippen molar-refractivity contribution in [3.63, 3.8) is 0 Å². The molecule has 6 aliphatic rings. The maximum atomic E-state index is 14.8. The topological polar surface area (TPSA) is 209 Å². The average Bonchev–Trinajstić information content (AvgIpc) is 4.09. The van der Waals surface area contributed by atoms with Gasteiger partial charge in [0.05, 0.1) is 62.8 Å². The number of nitrogens with one attached hydrogen (secondary N) is 6. The SMILES string of the molecule is CN[C@@H](C)C(=O)N[C@H](C(=O)N1C[C@@H](OCCOCCO[C@H]2C[C@@H](C(=O)N[C@@H]3CCCc4ccccc43)N(C(=O)[C@@H](NC(=O)[C@H](C)NC)C3CCCCC3)C2)C[C@H]1C(=O)N[C@@H]1CCCc2ccccc21)C1CCCCC1. The highest BCUT2D eigenvalue weighted by molar-refractivity contribution is 5.95. The second-order valence-corrected chi connectivity index (χ2v) is 22.2. The molecule has 10 atom stereocenters. The molecule has 0 radical (unpaired) electrons. The number of amides is 6. The fourth-order valence-electron chi connectivity index (χ4n) is 12.7. The summed E-state index contributed by atoms with van der Waals surface area (Å²) in [5.41, 5.74) is 4.69. The fraction of sp³-hybridized carbons (Fsp3) is 0.690. The molecule has 2 saturated heterocycles. The summed E-state index contributed by atoms with van der Waals surface area (Å²) >= 11 is 0. The first-order chi connectivity index (χ1) is 36.4. The maximum Gasteiger partial charge on any atom is 0.246 e. The Hall–Kier alpha value is -4.94. The molecule has 2 heterocycles. The van der Waals surface area contributed by atoms with E-state index in [-0.39, 0.29) is 98.9 Å². The van der Waals surface area contributed by atoms with E-state index in [9.17, 15) is 28.8 Å². The van der Waals surface area contributed by atoms with Crippen LogP contribution >= 0.6 is 0 Å². The molecule has 412 valence electrons. The Labute approximate surface area is 444 Å². The van der Waals surface area contributed by atoms with Gasteiger partial charge in [-0.2, -0.15) is 0 Å². The number of hydrogen-bond donors (Lipinski definition) is 6. The molecule has 17 heteroatoms. The van der Waals surface area contributed by atoms with E-state index in [1.807, 2.05) is 24.3 Å². The number of likely N-dealkylation sites (N-methyl/N-ethyl adjacent to an activating group) is 2. The second-order valence-electron chi connectivity index (χ2n) is 22.2. The predicted octanol–water partition coefficient (Wildman–Crippen LogP) is 4.71. The van der Waals surface area contributed by atoms with Gasteiger partial charge < -0.3 is 55.9 Å². The highest BCUT2D eigenvalue weighted by Crippen LogP contribution is 2.35. The van der Waals surface area contributed by atoms with Crippen molar-refractivity contribution in [3.8, 4) is 0 Å². The molecule has 0 unspecified atom stereocenters. The van der Waals surface area contributed by atoms with Crippen molar-refractivity contribution in [1.82, 2.24) is 41.7 Å². The van der Waals surface area contributed by atoms with Crippen LogP contribution in [0, 0.1) is 11.8 Å². The monoisotopic (exact) mass is 1040 g/mol. The number of nitrogens with zero attached hydrogens (tertiary/aromatic N) is 2. The molecule has 0 aromatic heterocycles. The van der Waals surface area contributed by atoms with Crippen LogP contribution in [0.4, 0.5) is 0 Å². The maximum absolute atomic E-state index is 14.8. The first-order valence-corrected chi connectivity index (χ1v) is 28.6. The van der Waals surface area contributed by atoms with E-state index < -0.39 is 48.5 Å². The number of likely N-dealkylation sites (tertiary alicyclic amines) is 2. The Balaban J connectivity index is 0.886. The van der Waals surface area contributed by atoms with Crippen LogP contribution in [0.1, 0.15) is 151 Å². The zero-order chi connectivity index (χ0) is 52.8. The molecule has 2 aromatic rings. The summed E-state index contributed by atoms with van der Waals surface area (Å²) < 4.78 is 18.8. The first-order valence-electron chi connectivity index (χ1n) is 28.6. The van der Waals surface area contributed by atoms with Crippen molar-refractivity contribution >= 4 is 35.4 Å². The highest BCUT2D eigenvalue weighted by Gasteiger charge is 2.47. The van der Waals surface area contributed by atoms with Crippen LogP contribution in [0.25, 0.3) is 0 Å². The molecular formula is C58H86N8O9. The lowest BCUT2D eigenvalue weighted by Crippen LogP contribution is -2.58. The highest BCUT2D eigenvalue weighted by atomic mass is 16.5. The number of carbonyl (C=O) groups is 6. The number of hydrogen-bond acceptors (Lipinski definition) is 11. The summed E-state index contributed by atoms with van der Waals surface area (Å²) in [5, 5.41) is 18.8. The van der Waals surface area contributed by atoms with Gasteiger partial charge >= 0.3 is 0 Å². The molecule has 8 rings (SSSR count). The molecule has 6 amide bonds. The van der Waals surface area contributed by atoms with Crippen molar-refractivity contribution in [1.29, 1.82) is 0 Å². The molecule has 4 aliphatic carbocycles. The molecule has 75 heavy (non-hydrogen) atoms. The third-order valence-electron chi connectivity index (χ3n) is 17.3. The van der Waals surface area contributed by atoms with Crippen molar-refractivity contribution < 1.29 is 43.0 Å². The first kappa shape index (κ1) is 56.3. The molecular weight excluding hydrogens is 953 g/mol. The van der Waals surface area contributed by atoms with Crippen LogP contribution in [-0.4, -0.2) is 147 Å². The lowest BCUT2D eigenvalue weighted by atomic mass is 9.83. The minimum absolute atomic E-state index is 0.0299. The van der Waals surface area contributed by atoms with Gasteiger partial charge in [-0.25, -0.2) is 0 Å². The fourth-order valence-corrected chi connectivity index (χ4v) is 12.7. The Kier molecular flexibility index (Phi) is 20.6. The van der Waals surface area contributed by atoms with Gasteiger partial charge in [-0.1, -0.05) is 87.1 Å². The molecule has 2 saturated carbocycles. The van der Waals surface area contributed by atoms with Crippen LogP contribution < -0.4 is 31.9 Å². The Morgan fingerprint density at radius 2 is 0.933 bits per heavy atom. The standard InChI is InChI=1S/C58H86N8O9/c1-37(59-3)53(67)63-51(41-19-7-5-8-20-41)57(71)65-35-43(33-49(65)55(69)61-47-27-15-23-39-17-11-13-25-45(39)47)74-31-29-73-30-32-75-44-34-50(56(70)62-48-28-16-24-40-18-12-14-26-46(40)48)66(36-44)58(72)52(42-21-9-6-10-22-42)64-54(68)38(2)60-4/h11-14,17-18,25-26,37-38,41-44,47-52,59-60H,5-10,15-16,19-24,27-36H2,1-4H3,(H,61,69)(H,62,70)(H,63,67)(H,64,68)/t37-,38-,43-,44-,47+,48+,49-,50-,51-,52-/m0/s1. The van der Waals surface area contributed by atoms with Gasteiger partial charge in [0, 0.05) is 25.9 Å². The molecule has 17 nitrogen and oxygen atoms in total. The third kappa shape index (κ3) is 14.4. The predicted molar refractivity (Wildman–Crippen MR) is 285 cm³/mol. The number of carbonyl (C=O) groups excluding carboxylic acids is 6. The van der Waals surface area contributed by atoms with Gasteiger partial charge in [0.25, 0.3) is 0 Å². The summed E-state index contributed by atoms with van der Waals surface area (Å²) in [5.74, 6) is -1.48. The lowest BCUT2D eigenvalue weighted by Gasteiger charge is -2.35. The van der Waals surface area contributed by atoms with Gasteiger partial charge in [-0.3, -0.25) is 28.8 Å². The zero-order valence-electron chi connectivity index (χ0n) is 45.1. The van der Waals surface area contributed by atoms with E-state index in [1.165, 1.54) is 11.1 Å².